The van der Waals surface area contributed by atoms with Crippen molar-refractivity contribution >= 4 is 27.3 Å². The molecule has 1 aromatic heterocycles. The van der Waals surface area contributed by atoms with E-state index in [2.05, 4.69) is 15.9 Å². The SMILES string of the molecule is C[C@H](O)Cc1sccc1Br. The van der Waals surface area contributed by atoms with Crippen LogP contribution in [0.25, 0.3) is 0 Å². The van der Waals surface area contributed by atoms with Crippen molar-refractivity contribution in [2.45, 2.75) is 19.4 Å². The van der Waals surface area contributed by atoms with Gasteiger partial charge in [0, 0.05) is 15.8 Å². The first-order chi connectivity index (χ1) is 4.70. The highest BCUT2D eigenvalue weighted by Gasteiger charge is 2.03. The van der Waals surface area contributed by atoms with Crippen molar-refractivity contribution in [3.8, 4) is 0 Å². The lowest BCUT2D eigenvalue weighted by atomic mass is 10.2. The standard InChI is InChI=1S/C7H9BrOS/c1-5(9)4-7-6(8)2-3-10-7/h2-3,5,9H,4H2,1H3/t5-/m0/s1. The minimum absolute atomic E-state index is 0.241. The van der Waals surface area contributed by atoms with E-state index in [0.717, 1.165) is 10.9 Å². The van der Waals surface area contributed by atoms with E-state index in [-0.39, 0.29) is 6.10 Å². The molecule has 10 heavy (non-hydrogen) atoms. The van der Waals surface area contributed by atoms with Gasteiger partial charge in [0.05, 0.1) is 6.10 Å². The lowest BCUT2D eigenvalue weighted by molar-refractivity contribution is 0.196. The van der Waals surface area contributed by atoms with Gasteiger partial charge in [-0.05, 0) is 34.3 Å². The fourth-order valence-corrected chi connectivity index (χ4v) is 2.37. The minimum atomic E-state index is -0.241. The van der Waals surface area contributed by atoms with Crippen molar-refractivity contribution in [1.29, 1.82) is 0 Å². The maximum atomic E-state index is 9.03. The Hall–Kier alpha value is 0.140. The normalized spacial score (nSPS) is 13.5. The van der Waals surface area contributed by atoms with Gasteiger partial charge in [0.15, 0.2) is 0 Å². The second kappa shape index (κ2) is 3.51. The van der Waals surface area contributed by atoms with Crippen molar-refractivity contribution in [2.75, 3.05) is 0 Å². The number of aliphatic hydroxyl groups excluding tert-OH is 1. The number of hydrogen-bond acceptors (Lipinski definition) is 2. The van der Waals surface area contributed by atoms with Crippen LogP contribution in [0.3, 0.4) is 0 Å². The van der Waals surface area contributed by atoms with Crippen molar-refractivity contribution in [3.05, 3.63) is 20.8 Å². The molecule has 3 heteroatoms. The predicted molar refractivity (Wildman–Crippen MR) is 47.4 cm³/mol. The van der Waals surface area contributed by atoms with Gasteiger partial charge in [0.25, 0.3) is 0 Å². The molecule has 0 radical (unpaired) electrons. The largest absolute Gasteiger partial charge is 0.393 e. The molecule has 56 valence electrons. The second-order valence-electron chi connectivity index (χ2n) is 2.24. The molecule has 1 heterocycles. The Labute approximate surface area is 72.8 Å². The molecule has 0 saturated heterocycles. The number of hydrogen-bond donors (Lipinski definition) is 1. The van der Waals surface area contributed by atoms with E-state index in [1.807, 2.05) is 11.4 Å². The first kappa shape index (κ1) is 8.24. The molecule has 1 atom stereocenters. The van der Waals surface area contributed by atoms with Crippen LogP contribution in [0.5, 0.6) is 0 Å². The Bertz CT molecular complexity index is 207. The first-order valence-electron chi connectivity index (χ1n) is 3.10. The van der Waals surface area contributed by atoms with E-state index in [4.69, 9.17) is 5.11 Å². The molecule has 0 aliphatic heterocycles. The Balaban J connectivity index is 2.65. The molecule has 0 spiro atoms. The fraction of sp³-hybridized carbons (Fsp3) is 0.429. The van der Waals surface area contributed by atoms with Gasteiger partial charge in [0.1, 0.15) is 0 Å². The van der Waals surface area contributed by atoms with Crippen molar-refractivity contribution in [1.82, 2.24) is 0 Å². The van der Waals surface area contributed by atoms with E-state index in [0.29, 0.717) is 0 Å². The molecule has 1 N–H and O–H groups in total. The maximum Gasteiger partial charge on any atom is 0.0560 e. The third-order valence-corrected chi connectivity index (χ3v) is 3.12. The van der Waals surface area contributed by atoms with Gasteiger partial charge in [-0.25, -0.2) is 0 Å². The Morgan fingerprint density at radius 1 is 1.80 bits per heavy atom. The van der Waals surface area contributed by atoms with Gasteiger partial charge >= 0.3 is 0 Å². The van der Waals surface area contributed by atoms with Crippen LogP contribution in [-0.2, 0) is 6.42 Å². The molecule has 1 nitrogen and oxygen atoms in total. The third-order valence-electron chi connectivity index (χ3n) is 1.17. The van der Waals surface area contributed by atoms with Crippen LogP contribution >= 0.6 is 27.3 Å². The maximum absolute atomic E-state index is 9.03. The molecule has 0 amide bonds. The molecule has 1 rings (SSSR count). The topological polar surface area (TPSA) is 20.2 Å². The highest BCUT2D eigenvalue weighted by Crippen LogP contribution is 2.23. The molecule has 0 fully saturated rings. The number of aliphatic hydroxyl groups is 1. The van der Waals surface area contributed by atoms with E-state index < -0.39 is 0 Å². The fourth-order valence-electron chi connectivity index (χ4n) is 0.739. The molecular weight excluding hydrogens is 212 g/mol. The van der Waals surface area contributed by atoms with E-state index in [9.17, 15) is 0 Å². The third kappa shape index (κ3) is 2.08. The van der Waals surface area contributed by atoms with Crippen molar-refractivity contribution < 1.29 is 5.11 Å². The van der Waals surface area contributed by atoms with Crippen LogP contribution in [0, 0.1) is 0 Å². The number of thiophene rings is 1. The monoisotopic (exact) mass is 220 g/mol. The number of halogens is 1. The minimum Gasteiger partial charge on any atom is -0.393 e. The molecule has 0 aromatic carbocycles. The Morgan fingerprint density at radius 3 is 2.90 bits per heavy atom. The molecule has 0 bridgehead atoms. The zero-order valence-corrected chi connectivity index (χ0v) is 8.08. The molecule has 1 aromatic rings. The van der Waals surface area contributed by atoms with Crippen LogP contribution in [0.2, 0.25) is 0 Å². The van der Waals surface area contributed by atoms with Crippen LogP contribution < -0.4 is 0 Å². The summed E-state index contributed by atoms with van der Waals surface area (Å²) >= 11 is 5.07. The van der Waals surface area contributed by atoms with Crippen LogP contribution in [0.15, 0.2) is 15.9 Å². The van der Waals surface area contributed by atoms with E-state index >= 15 is 0 Å². The first-order valence-corrected chi connectivity index (χ1v) is 4.77. The highest BCUT2D eigenvalue weighted by molar-refractivity contribution is 9.10. The van der Waals surface area contributed by atoms with Crippen molar-refractivity contribution in [3.63, 3.8) is 0 Å². The molecular formula is C7H9BrOS. The lowest BCUT2D eigenvalue weighted by Crippen LogP contribution is -2.02. The molecule has 0 saturated carbocycles. The van der Waals surface area contributed by atoms with E-state index in [1.54, 1.807) is 18.3 Å². The number of rotatable bonds is 2. The summed E-state index contributed by atoms with van der Waals surface area (Å²) in [5, 5.41) is 11.1. The summed E-state index contributed by atoms with van der Waals surface area (Å²) in [5.74, 6) is 0. The predicted octanol–water partition coefficient (Wildman–Crippen LogP) is 2.43. The lowest BCUT2D eigenvalue weighted by Gasteiger charge is -2.00. The summed E-state index contributed by atoms with van der Waals surface area (Å²) in [7, 11) is 0. The average molecular weight is 221 g/mol. The zero-order valence-electron chi connectivity index (χ0n) is 5.67. The van der Waals surface area contributed by atoms with Gasteiger partial charge in [-0.1, -0.05) is 0 Å². The Kier molecular flexibility index (Phi) is 2.89. The van der Waals surface area contributed by atoms with Crippen LogP contribution in [0.4, 0.5) is 0 Å². The summed E-state index contributed by atoms with van der Waals surface area (Å²) in [6.45, 7) is 1.80. The summed E-state index contributed by atoms with van der Waals surface area (Å²) < 4.78 is 1.11. The highest BCUT2D eigenvalue weighted by atomic mass is 79.9. The summed E-state index contributed by atoms with van der Waals surface area (Å²) in [6, 6.07) is 2.00. The van der Waals surface area contributed by atoms with Gasteiger partial charge in [-0.15, -0.1) is 11.3 Å². The quantitative estimate of drug-likeness (QED) is 0.813. The Morgan fingerprint density at radius 2 is 2.50 bits per heavy atom. The van der Waals surface area contributed by atoms with Gasteiger partial charge in [0.2, 0.25) is 0 Å². The smallest absolute Gasteiger partial charge is 0.0560 e. The van der Waals surface area contributed by atoms with Crippen LogP contribution in [-0.4, -0.2) is 11.2 Å². The summed E-state index contributed by atoms with van der Waals surface area (Å²) in [6.07, 6.45) is 0.507. The van der Waals surface area contributed by atoms with E-state index in [1.165, 1.54) is 4.88 Å². The molecule has 0 aliphatic rings. The van der Waals surface area contributed by atoms with Crippen molar-refractivity contribution in [2.24, 2.45) is 0 Å². The second-order valence-corrected chi connectivity index (χ2v) is 4.10. The molecule has 0 aliphatic carbocycles. The van der Waals surface area contributed by atoms with Gasteiger partial charge < -0.3 is 5.11 Å². The summed E-state index contributed by atoms with van der Waals surface area (Å²) in [5.41, 5.74) is 0. The summed E-state index contributed by atoms with van der Waals surface area (Å²) in [4.78, 5) is 1.22. The average Bonchev–Trinajstić information content (AvgIpc) is 2.15. The zero-order chi connectivity index (χ0) is 7.56. The molecule has 0 unspecified atom stereocenters. The van der Waals surface area contributed by atoms with Crippen LogP contribution in [0.1, 0.15) is 11.8 Å². The van der Waals surface area contributed by atoms with Gasteiger partial charge in [-0.2, -0.15) is 0 Å². The van der Waals surface area contributed by atoms with Gasteiger partial charge in [-0.3, -0.25) is 0 Å².